The van der Waals surface area contributed by atoms with Crippen molar-refractivity contribution in [1.29, 1.82) is 0 Å². The highest BCUT2D eigenvalue weighted by molar-refractivity contribution is 5.85. The van der Waals surface area contributed by atoms with E-state index in [1.54, 1.807) is 4.90 Å². The van der Waals surface area contributed by atoms with E-state index < -0.39 is 6.04 Å². The Kier molecular flexibility index (Phi) is 6.08. The van der Waals surface area contributed by atoms with Crippen molar-refractivity contribution in [3.8, 4) is 11.5 Å². The molecule has 1 aromatic carbocycles. The lowest BCUT2D eigenvalue weighted by Gasteiger charge is -2.31. The number of hydrogen-bond acceptors (Lipinski definition) is 4. The Morgan fingerprint density at radius 3 is 2.55 bits per heavy atom. The van der Waals surface area contributed by atoms with Crippen molar-refractivity contribution in [3.05, 3.63) is 23.8 Å². The molecule has 0 spiro atoms. The molecular formula is C16H25ClN2O3. The van der Waals surface area contributed by atoms with Gasteiger partial charge in [-0.15, -0.1) is 12.4 Å². The fourth-order valence-electron chi connectivity index (χ4n) is 2.17. The molecule has 1 amide bonds. The summed E-state index contributed by atoms with van der Waals surface area (Å²) in [5, 5.41) is 0. The molecule has 1 aliphatic heterocycles. The first-order valence-electron chi connectivity index (χ1n) is 7.26. The van der Waals surface area contributed by atoms with Crippen molar-refractivity contribution in [2.75, 3.05) is 13.3 Å². The lowest BCUT2D eigenvalue weighted by Crippen LogP contribution is -2.50. The number of fused-ring (bicyclic) bond motifs is 1. The van der Waals surface area contributed by atoms with Crippen LogP contribution in [0.1, 0.15) is 33.3 Å². The van der Waals surface area contributed by atoms with Gasteiger partial charge in [-0.1, -0.05) is 26.8 Å². The van der Waals surface area contributed by atoms with Crippen LogP contribution in [0.5, 0.6) is 11.5 Å². The summed E-state index contributed by atoms with van der Waals surface area (Å²) in [5.41, 5.74) is 6.84. The van der Waals surface area contributed by atoms with Crippen LogP contribution in [-0.2, 0) is 11.3 Å². The van der Waals surface area contributed by atoms with Crippen molar-refractivity contribution >= 4 is 18.3 Å². The predicted molar refractivity (Wildman–Crippen MR) is 88.3 cm³/mol. The second kappa shape index (κ2) is 7.20. The molecule has 2 N–H and O–H groups in total. The Bertz CT molecular complexity index is 529. The zero-order valence-corrected chi connectivity index (χ0v) is 14.4. The molecule has 1 aromatic rings. The molecule has 22 heavy (non-hydrogen) atoms. The maximum absolute atomic E-state index is 12.5. The normalized spacial score (nSPS) is 14.2. The van der Waals surface area contributed by atoms with Gasteiger partial charge in [0.05, 0.1) is 6.04 Å². The molecule has 0 aliphatic carbocycles. The van der Waals surface area contributed by atoms with Crippen LogP contribution in [0.3, 0.4) is 0 Å². The number of ether oxygens (including phenoxy) is 2. The SMILES string of the molecule is CCN(Cc1ccc2c(c1)OCO2)C(=O)[C@@H](N)C(C)(C)C.Cl. The van der Waals surface area contributed by atoms with E-state index in [0.717, 1.165) is 17.1 Å². The van der Waals surface area contributed by atoms with Crippen LogP contribution in [0.25, 0.3) is 0 Å². The number of nitrogens with two attached hydrogens (primary N) is 1. The van der Waals surface area contributed by atoms with Gasteiger partial charge < -0.3 is 20.1 Å². The van der Waals surface area contributed by atoms with Crippen LogP contribution < -0.4 is 15.2 Å². The highest BCUT2D eigenvalue weighted by Gasteiger charge is 2.30. The summed E-state index contributed by atoms with van der Waals surface area (Å²) < 4.78 is 10.7. The number of nitrogens with zero attached hydrogens (tertiary/aromatic N) is 1. The lowest BCUT2D eigenvalue weighted by atomic mass is 9.86. The molecule has 0 radical (unpaired) electrons. The van der Waals surface area contributed by atoms with Crippen LogP contribution in [0.4, 0.5) is 0 Å². The van der Waals surface area contributed by atoms with Crippen LogP contribution in [-0.4, -0.2) is 30.2 Å². The molecule has 5 nitrogen and oxygen atoms in total. The quantitative estimate of drug-likeness (QED) is 0.922. The van der Waals surface area contributed by atoms with Crippen LogP contribution in [0.2, 0.25) is 0 Å². The molecule has 0 bridgehead atoms. The molecule has 1 atom stereocenters. The summed E-state index contributed by atoms with van der Waals surface area (Å²) in [6.45, 7) is 9.29. The molecule has 0 fully saturated rings. The monoisotopic (exact) mass is 328 g/mol. The Balaban J connectivity index is 0.00000242. The molecular weight excluding hydrogens is 304 g/mol. The van der Waals surface area contributed by atoms with Crippen molar-refractivity contribution in [2.45, 2.75) is 40.3 Å². The van der Waals surface area contributed by atoms with Crippen molar-refractivity contribution < 1.29 is 14.3 Å². The third-order valence-electron chi connectivity index (χ3n) is 3.70. The summed E-state index contributed by atoms with van der Waals surface area (Å²) in [7, 11) is 0. The fraction of sp³-hybridized carbons (Fsp3) is 0.562. The van der Waals surface area contributed by atoms with Crippen molar-refractivity contribution in [1.82, 2.24) is 4.90 Å². The third-order valence-corrected chi connectivity index (χ3v) is 3.70. The average Bonchev–Trinajstić information content (AvgIpc) is 2.89. The molecule has 0 saturated carbocycles. The summed E-state index contributed by atoms with van der Waals surface area (Å²) in [5.74, 6) is 1.46. The van der Waals surface area contributed by atoms with Crippen molar-refractivity contribution in [2.24, 2.45) is 11.1 Å². The highest BCUT2D eigenvalue weighted by atomic mass is 35.5. The number of rotatable bonds is 4. The average molecular weight is 329 g/mol. The second-order valence-electron chi connectivity index (χ2n) is 6.38. The molecule has 0 unspecified atom stereocenters. The predicted octanol–water partition coefficient (Wildman–Crippen LogP) is 2.56. The minimum absolute atomic E-state index is 0. The summed E-state index contributed by atoms with van der Waals surface area (Å²) in [6.07, 6.45) is 0. The van der Waals surface area contributed by atoms with Gasteiger partial charge in [0, 0.05) is 13.1 Å². The van der Waals surface area contributed by atoms with E-state index in [1.165, 1.54) is 0 Å². The van der Waals surface area contributed by atoms with Crippen LogP contribution in [0, 0.1) is 5.41 Å². The van der Waals surface area contributed by atoms with Gasteiger partial charge in [-0.3, -0.25) is 4.79 Å². The van der Waals surface area contributed by atoms with Gasteiger partial charge in [0.1, 0.15) is 0 Å². The molecule has 6 heteroatoms. The Morgan fingerprint density at radius 1 is 1.32 bits per heavy atom. The van der Waals surface area contributed by atoms with Crippen LogP contribution in [0.15, 0.2) is 18.2 Å². The summed E-state index contributed by atoms with van der Waals surface area (Å²) >= 11 is 0. The van der Waals surface area contributed by atoms with Gasteiger partial charge in [-0.05, 0) is 30.0 Å². The first kappa shape index (κ1) is 18.6. The van der Waals surface area contributed by atoms with E-state index in [-0.39, 0.29) is 30.5 Å². The molecule has 1 heterocycles. The minimum atomic E-state index is -0.508. The van der Waals surface area contributed by atoms with E-state index in [1.807, 2.05) is 45.9 Å². The van der Waals surface area contributed by atoms with Crippen molar-refractivity contribution in [3.63, 3.8) is 0 Å². The van der Waals surface area contributed by atoms with E-state index in [4.69, 9.17) is 15.2 Å². The first-order chi connectivity index (χ1) is 9.82. The van der Waals surface area contributed by atoms with E-state index >= 15 is 0 Å². The number of hydrogen-bond donors (Lipinski definition) is 1. The standard InChI is InChI=1S/C16H24N2O3.ClH/c1-5-18(15(19)14(17)16(2,3)4)9-11-6-7-12-13(8-11)21-10-20-12;/h6-8,14H,5,9-10,17H2,1-4H3;1H/t14-;/m1./s1. The Morgan fingerprint density at radius 2 is 1.95 bits per heavy atom. The largest absolute Gasteiger partial charge is 0.454 e. The van der Waals surface area contributed by atoms with Gasteiger partial charge >= 0.3 is 0 Å². The smallest absolute Gasteiger partial charge is 0.240 e. The van der Waals surface area contributed by atoms with Gasteiger partial charge in [0.2, 0.25) is 12.7 Å². The van der Waals surface area contributed by atoms with Gasteiger partial charge in [-0.2, -0.15) is 0 Å². The molecule has 0 saturated heterocycles. The topological polar surface area (TPSA) is 64.8 Å². The number of likely N-dealkylation sites (N-methyl/N-ethyl adjacent to an activating group) is 1. The number of amides is 1. The molecule has 1 aliphatic rings. The fourth-order valence-corrected chi connectivity index (χ4v) is 2.17. The Labute approximate surface area is 138 Å². The van der Waals surface area contributed by atoms with Gasteiger partial charge in [0.15, 0.2) is 11.5 Å². The zero-order chi connectivity index (χ0) is 15.6. The maximum Gasteiger partial charge on any atom is 0.240 e. The van der Waals surface area contributed by atoms with E-state index in [9.17, 15) is 4.79 Å². The minimum Gasteiger partial charge on any atom is -0.454 e. The zero-order valence-electron chi connectivity index (χ0n) is 13.6. The lowest BCUT2D eigenvalue weighted by molar-refractivity contribution is -0.135. The number of benzene rings is 1. The highest BCUT2D eigenvalue weighted by Crippen LogP contribution is 2.33. The molecule has 0 aromatic heterocycles. The number of carbonyl (C=O) groups is 1. The maximum atomic E-state index is 12.5. The van der Waals surface area contributed by atoms with E-state index in [0.29, 0.717) is 13.1 Å². The van der Waals surface area contributed by atoms with Gasteiger partial charge in [-0.25, -0.2) is 0 Å². The summed E-state index contributed by atoms with van der Waals surface area (Å²) in [6, 6.07) is 5.23. The molecule has 2 rings (SSSR count). The third kappa shape index (κ3) is 4.05. The first-order valence-corrected chi connectivity index (χ1v) is 7.26. The van der Waals surface area contributed by atoms with Gasteiger partial charge in [0.25, 0.3) is 0 Å². The Hall–Kier alpha value is -1.46. The van der Waals surface area contributed by atoms with E-state index in [2.05, 4.69) is 0 Å². The second-order valence-corrected chi connectivity index (χ2v) is 6.38. The number of carbonyl (C=O) groups excluding carboxylic acids is 1. The molecule has 124 valence electrons. The van der Waals surface area contributed by atoms with Crippen LogP contribution >= 0.6 is 12.4 Å². The number of halogens is 1. The summed E-state index contributed by atoms with van der Waals surface area (Å²) in [4.78, 5) is 14.3.